The summed E-state index contributed by atoms with van der Waals surface area (Å²) in [5, 5.41) is 0. The maximum Gasteiger partial charge on any atom is 0.254 e. The minimum atomic E-state index is -3.24. The molecule has 132 valence electrons. The van der Waals surface area contributed by atoms with Gasteiger partial charge in [-0.1, -0.05) is 6.07 Å². The molecule has 0 aromatic heterocycles. The molecule has 2 aliphatic heterocycles. The molecule has 0 N–H and O–H groups in total. The van der Waals surface area contributed by atoms with Crippen molar-refractivity contribution in [2.75, 3.05) is 36.3 Å². The Balaban J connectivity index is 1.77. The molecule has 0 saturated carbocycles. The summed E-state index contributed by atoms with van der Waals surface area (Å²) in [6.07, 6.45) is 2.62. The van der Waals surface area contributed by atoms with Gasteiger partial charge in [0.15, 0.2) is 0 Å². The SMILES string of the molecule is CCOC1CCCN(C(=O)c2cccc(N3CCCS3(=O)=O)c2)C1. The zero-order valence-electron chi connectivity index (χ0n) is 14.0. The first kappa shape index (κ1) is 17.2. The van der Waals surface area contributed by atoms with Gasteiger partial charge in [0.1, 0.15) is 0 Å². The quantitative estimate of drug-likeness (QED) is 0.830. The third kappa shape index (κ3) is 3.57. The minimum Gasteiger partial charge on any atom is -0.377 e. The van der Waals surface area contributed by atoms with Gasteiger partial charge in [-0.05, 0) is 44.4 Å². The monoisotopic (exact) mass is 352 g/mol. The molecule has 1 unspecified atom stereocenters. The van der Waals surface area contributed by atoms with Crippen LogP contribution >= 0.6 is 0 Å². The fourth-order valence-electron chi connectivity index (χ4n) is 3.40. The minimum absolute atomic E-state index is 0.0575. The third-order valence-electron chi connectivity index (χ3n) is 4.55. The number of anilines is 1. The van der Waals surface area contributed by atoms with Crippen molar-refractivity contribution < 1.29 is 17.9 Å². The molecule has 6 nitrogen and oxygen atoms in total. The van der Waals surface area contributed by atoms with Gasteiger partial charge in [-0.2, -0.15) is 0 Å². The number of nitrogens with zero attached hydrogens (tertiary/aromatic N) is 2. The lowest BCUT2D eigenvalue weighted by atomic mass is 10.1. The number of benzene rings is 1. The lowest BCUT2D eigenvalue weighted by Gasteiger charge is -2.32. The summed E-state index contributed by atoms with van der Waals surface area (Å²) >= 11 is 0. The highest BCUT2D eigenvalue weighted by atomic mass is 32.2. The first-order valence-electron chi connectivity index (χ1n) is 8.52. The molecule has 2 saturated heterocycles. The van der Waals surface area contributed by atoms with E-state index in [9.17, 15) is 13.2 Å². The number of piperidine rings is 1. The van der Waals surface area contributed by atoms with Crippen molar-refractivity contribution in [1.29, 1.82) is 0 Å². The van der Waals surface area contributed by atoms with Crippen LogP contribution in [0.25, 0.3) is 0 Å². The van der Waals surface area contributed by atoms with Crippen LogP contribution in [0.5, 0.6) is 0 Å². The summed E-state index contributed by atoms with van der Waals surface area (Å²) < 4.78 is 31.2. The van der Waals surface area contributed by atoms with E-state index in [0.29, 0.717) is 43.9 Å². The molecule has 2 heterocycles. The maximum atomic E-state index is 12.8. The fourth-order valence-corrected chi connectivity index (χ4v) is 4.96. The molecule has 1 atom stereocenters. The summed E-state index contributed by atoms with van der Waals surface area (Å²) in [5.74, 6) is 0.116. The van der Waals surface area contributed by atoms with Crippen molar-refractivity contribution in [3.63, 3.8) is 0 Å². The van der Waals surface area contributed by atoms with Crippen LogP contribution in [-0.4, -0.2) is 57.3 Å². The predicted molar refractivity (Wildman–Crippen MR) is 92.7 cm³/mol. The van der Waals surface area contributed by atoms with Crippen molar-refractivity contribution in [2.24, 2.45) is 0 Å². The number of carbonyl (C=O) groups is 1. The lowest BCUT2D eigenvalue weighted by molar-refractivity contribution is 0.00724. The highest BCUT2D eigenvalue weighted by Crippen LogP contribution is 2.25. The highest BCUT2D eigenvalue weighted by molar-refractivity contribution is 7.93. The summed E-state index contributed by atoms with van der Waals surface area (Å²) in [6, 6.07) is 6.94. The summed E-state index contributed by atoms with van der Waals surface area (Å²) in [7, 11) is -3.24. The van der Waals surface area contributed by atoms with Gasteiger partial charge in [-0.15, -0.1) is 0 Å². The van der Waals surface area contributed by atoms with E-state index in [1.807, 2.05) is 6.92 Å². The fraction of sp³-hybridized carbons (Fsp3) is 0.588. The molecule has 1 aromatic carbocycles. The van der Waals surface area contributed by atoms with E-state index in [-0.39, 0.29) is 17.8 Å². The maximum absolute atomic E-state index is 12.8. The molecule has 1 amide bonds. The van der Waals surface area contributed by atoms with E-state index in [0.717, 1.165) is 12.8 Å². The second kappa shape index (κ2) is 7.11. The number of likely N-dealkylation sites (tertiary alicyclic amines) is 1. The van der Waals surface area contributed by atoms with Crippen molar-refractivity contribution in [1.82, 2.24) is 4.90 Å². The van der Waals surface area contributed by atoms with Gasteiger partial charge in [-0.25, -0.2) is 8.42 Å². The standard InChI is InChI=1S/C17H24N2O4S/c1-2-23-16-8-4-9-18(13-16)17(20)14-6-3-7-15(12-14)19-10-5-11-24(19,21)22/h3,6-7,12,16H,2,4-5,8-11,13H2,1H3. The number of amides is 1. The van der Waals surface area contributed by atoms with E-state index in [2.05, 4.69) is 0 Å². The van der Waals surface area contributed by atoms with Crippen LogP contribution < -0.4 is 4.31 Å². The molecule has 0 radical (unpaired) electrons. The number of rotatable bonds is 4. The largest absolute Gasteiger partial charge is 0.377 e. The smallest absolute Gasteiger partial charge is 0.254 e. The molecular weight excluding hydrogens is 328 g/mol. The number of ether oxygens (including phenoxy) is 1. The first-order chi connectivity index (χ1) is 11.5. The molecular formula is C17H24N2O4S. The van der Waals surface area contributed by atoms with Crippen LogP contribution in [0.2, 0.25) is 0 Å². The number of carbonyl (C=O) groups excluding carboxylic acids is 1. The van der Waals surface area contributed by atoms with Crippen molar-refractivity contribution in [2.45, 2.75) is 32.3 Å². The zero-order chi connectivity index (χ0) is 17.2. The van der Waals surface area contributed by atoms with Crippen molar-refractivity contribution in [3.05, 3.63) is 29.8 Å². The molecule has 2 fully saturated rings. The number of hydrogen-bond donors (Lipinski definition) is 0. The molecule has 24 heavy (non-hydrogen) atoms. The Morgan fingerprint density at radius 3 is 2.83 bits per heavy atom. The van der Waals surface area contributed by atoms with E-state index >= 15 is 0 Å². The van der Waals surface area contributed by atoms with Crippen LogP contribution in [0.1, 0.15) is 36.5 Å². The average molecular weight is 352 g/mol. The van der Waals surface area contributed by atoms with E-state index in [1.54, 1.807) is 29.2 Å². The molecule has 0 aliphatic carbocycles. The van der Waals surface area contributed by atoms with E-state index in [1.165, 1.54) is 4.31 Å². The average Bonchev–Trinajstić information content (AvgIpc) is 2.94. The Hall–Kier alpha value is -1.60. The van der Waals surface area contributed by atoms with Gasteiger partial charge in [0.2, 0.25) is 10.0 Å². The molecule has 3 rings (SSSR count). The Kier molecular flexibility index (Phi) is 5.10. The predicted octanol–water partition coefficient (Wildman–Crippen LogP) is 1.87. The molecule has 0 bridgehead atoms. The topological polar surface area (TPSA) is 66.9 Å². The highest BCUT2D eigenvalue weighted by Gasteiger charge is 2.29. The van der Waals surface area contributed by atoms with Crippen LogP contribution in [-0.2, 0) is 14.8 Å². The van der Waals surface area contributed by atoms with Gasteiger partial charge >= 0.3 is 0 Å². The second-order valence-corrected chi connectivity index (χ2v) is 8.28. The normalized spacial score (nSPS) is 23.5. The summed E-state index contributed by atoms with van der Waals surface area (Å²) in [6.45, 7) is 4.40. The molecule has 1 aromatic rings. The van der Waals surface area contributed by atoms with Gasteiger partial charge < -0.3 is 9.64 Å². The first-order valence-corrected chi connectivity index (χ1v) is 10.1. The molecule has 7 heteroatoms. The Labute approximate surface area is 143 Å². The van der Waals surface area contributed by atoms with Gasteiger partial charge in [0.25, 0.3) is 5.91 Å². The zero-order valence-corrected chi connectivity index (χ0v) is 14.8. The van der Waals surface area contributed by atoms with E-state index < -0.39 is 10.0 Å². The van der Waals surface area contributed by atoms with Gasteiger partial charge in [0, 0.05) is 31.8 Å². The van der Waals surface area contributed by atoms with Crippen molar-refractivity contribution >= 4 is 21.6 Å². The second-order valence-electron chi connectivity index (χ2n) is 6.26. The summed E-state index contributed by atoms with van der Waals surface area (Å²) in [4.78, 5) is 14.6. The van der Waals surface area contributed by atoms with Crippen LogP contribution in [0.4, 0.5) is 5.69 Å². The molecule has 0 spiro atoms. The Bertz CT molecular complexity index is 702. The number of sulfonamides is 1. The van der Waals surface area contributed by atoms with Crippen molar-refractivity contribution in [3.8, 4) is 0 Å². The lowest BCUT2D eigenvalue weighted by Crippen LogP contribution is -2.43. The Morgan fingerprint density at radius 1 is 1.29 bits per heavy atom. The summed E-state index contributed by atoms with van der Waals surface area (Å²) in [5.41, 5.74) is 1.11. The third-order valence-corrected chi connectivity index (χ3v) is 6.42. The van der Waals surface area contributed by atoms with Crippen LogP contribution in [0.15, 0.2) is 24.3 Å². The molecule has 2 aliphatic rings. The Morgan fingerprint density at radius 2 is 2.12 bits per heavy atom. The van der Waals surface area contributed by atoms with Crippen LogP contribution in [0, 0.1) is 0 Å². The van der Waals surface area contributed by atoms with Gasteiger partial charge in [0.05, 0.1) is 17.5 Å². The number of hydrogen-bond acceptors (Lipinski definition) is 4. The van der Waals surface area contributed by atoms with Crippen LogP contribution in [0.3, 0.4) is 0 Å². The van der Waals surface area contributed by atoms with Gasteiger partial charge in [-0.3, -0.25) is 9.10 Å². The van der Waals surface area contributed by atoms with E-state index in [4.69, 9.17) is 4.74 Å².